The quantitative estimate of drug-likeness (QED) is 0.655. The van der Waals surface area contributed by atoms with E-state index in [1.165, 1.54) is 64.7 Å². The van der Waals surface area contributed by atoms with Gasteiger partial charge in [0.25, 0.3) is 0 Å². The maximum Gasteiger partial charge on any atom is 0.00925 e. The first-order valence-corrected chi connectivity index (χ1v) is 7.70. The first-order chi connectivity index (χ1) is 8.25. The predicted octanol–water partition coefficient (Wildman–Crippen LogP) is 3.28. The lowest BCUT2D eigenvalue weighted by Gasteiger charge is -2.37. The molecule has 2 atom stereocenters. The van der Waals surface area contributed by atoms with Crippen LogP contribution in [0.2, 0.25) is 0 Å². The fourth-order valence-corrected chi connectivity index (χ4v) is 2.78. The number of hydrogen-bond donors (Lipinski definition) is 1. The molecule has 0 spiro atoms. The average Bonchev–Trinajstić information content (AvgIpc) is 2.33. The van der Waals surface area contributed by atoms with Crippen LogP contribution in [0.5, 0.6) is 0 Å². The summed E-state index contributed by atoms with van der Waals surface area (Å²) in [4.78, 5) is 2.70. The van der Waals surface area contributed by atoms with Gasteiger partial charge in [-0.2, -0.15) is 0 Å². The zero-order valence-electron chi connectivity index (χ0n) is 12.2. The second kappa shape index (κ2) is 8.93. The fourth-order valence-electron chi connectivity index (χ4n) is 2.78. The van der Waals surface area contributed by atoms with Gasteiger partial charge in [0.2, 0.25) is 0 Å². The Hall–Kier alpha value is -0.0800. The van der Waals surface area contributed by atoms with Crippen LogP contribution in [0.15, 0.2) is 0 Å². The summed E-state index contributed by atoms with van der Waals surface area (Å²) in [6, 6.07) is 0.807. The molecule has 1 fully saturated rings. The van der Waals surface area contributed by atoms with Crippen molar-refractivity contribution in [1.82, 2.24) is 10.2 Å². The molecule has 102 valence electrons. The molecule has 0 aromatic heterocycles. The maximum absolute atomic E-state index is 3.48. The van der Waals surface area contributed by atoms with E-state index in [0.29, 0.717) is 0 Å². The zero-order valence-corrected chi connectivity index (χ0v) is 12.2. The normalized spacial score (nSPS) is 26.3. The van der Waals surface area contributed by atoms with Crippen LogP contribution >= 0.6 is 0 Å². The van der Waals surface area contributed by atoms with E-state index in [9.17, 15) is 0 Å². The van der Waals surface area contributed by atoms with E-state index in [0.717, 1.165) is 12.0 Å². The second-order valence-corrected chi connectivity index (χ2v) is 5.71. The highest BCUT2D eigenvalue weighted by molar-refractivity contribution is 4.78. The van der Waals surface area contributed by atoms with Gasteiger partial charge in [-0.15, -0.1) is 0 Å². The molecule has 0 amide bonds. The van der Waals surface area contributed by atoms with Crippen LogP contribution in [0.1, 0.15) is 59.3 Å². The van der Waals surface area contributed by atoms with Gasteiger partial charge in [0.05, 0.1) is 0 Å². The van der Waals surface area contributed by atoms with Gasteiger partial charge < -0.3 is 10.2 Å². The Bertz CT molecular complexity index is 182. The van der Waals surface area contributed by atoms with Crippen molar-refractivity contribution in [3.05, 3.63) is 0 Å². The molecule has 2 heteroatoms. The lowest BCUT2D eigenvalue weighted by molar-refractivity contribution is 0.112. The highest BCUT2D eigenvalue weighted by Crippen LogP contribution is 2.22. The Kier molecular flexibility index (Phi) is 7.87. The van der Waals surface area contributed by atoms with Crippen LogP contribution in [0.3, 0.4) is 0 Å². The molecular weight excluding hydrogens is 208 g/mol. The minimum atomic E-state index is 0.807. The molecule has 1 rings (SSSR count). The molecule has 1 saturated heterocycles. The van der Waals surface area contributed by atoms with Crippen LogP contribution in [-0.4, -0.2) is 37.1 Å². The summed E-state index contributed by atoms with van der Waals surface area (Å²) in [5.41, 5.74) is 0. The zero-order chi connectivity index (χ0) is 12.5. The highest BCUT2D eigenvalue weighted by Gasteiger charge is 2.23. The summed E-state index contributed by atoms with van der Waals surface area (Å²) in [6.07, 6.45) is 8.20. The molecule has 0 aromatic rings. The minimum absolute atomic E-state index is 0.807. The third kappa shape index (κ3) is 5.87. The van der Waals surface area contributed by atoms with Gasteiger partial charge in [-0.1, -0.05) is 20.3 Å². The molecule has 2 nitrogen and oxygen atoms in total. The van der Waals surface area contributed by atoms with Crippen molar-refractivity contribution >= 4 is 0 Å². The van der Waals surface area contributed by atoms with Crippen molar-refractivity contribution in [3.63, 3.8) is 0 Å². The number of piperidine rings is 1. The summed E-state index contributed by atoms with van der Waals surface area (Å²) in [6.45, 7) is 12.1. The van der Waals surface area contributed by atoms with Crippen LogP contribution in [-0.2, 0) is 0 Å². The smallest absolute Gasteiger partial charge is 0.00925 e. The number of likely N-dealkylation sites (tertiary alicyclic amines) is 1. The van der Waals surface area contributed by atoms with Crippen molar-refractivity contribution in [2.45, 2.75) is 65.3 Å². The second-order valence-electron chi connectivity index (χ2n) is 5.71. The summed E-state index contributed by atoms with van der Waals surface area (Å²) >= 11 is 0. The number of hydrogen-bond acceptors (Lipinski definition) is 2. The summed E-state index contributed by atoms with van der Waals surface area (Å²) in [7, 11) is 0. The topological polar surface area (TPSA) is 15.3 Å². The van der Waals surface area contributed by atoms with Crippen molar-refractivity contribution in [1.29, 1.82) is 0 Å². The predicted molar refractivity (Wildman–Crippen MR) is 76.4 cm³/mol. The van der Waals surface area contributed by atoms with Crippen molar-refractivity contribution in [2.75, 3.05) is 26.2 Å². The van der Waals surface area contributed by atoms with E-state index >= 15 is 0 Å². The number of nitrogens with zero attached hydrogens (tertiary/aromatic N) is 1. The SMILES string of the molecule is CCCNCCCCCN1CCCC(C)C1C. The van der Waals surface area contributed by atoms with Crippen molar-refractivity contribution < 1.29 is 0 Å². The fraction of sp³-hybridized carbons (Fsp3) is 1.00. The van der Waals surface area contributed by atoms with Crippen molar-refractivity contribution in [2.24, 2.45) is 5.92 Å². The van der Waals surface area contributed by atoms with Gasteiger partial charge in [0, 0.05) is 6.04 Å². The molecular formula is C15H32N2. The summed E-state index contributed by atoms with van der Waals surface area (Å²) < 4.78 is 0. The van der Waals surface area contributed by atoms with Crippen LogP contribution in [0, 0.1) is 5.92 Å². The Morgan fingerprint density at radius 2 is 1.94 bits per heavy atom. The number of nitrogens with one attached hydrogen (secondary N) is 1. The van der Waals surface area contributed by atoms with Gasteiger partial charge >= 0.3 is 0 Å². The standard InChI is InChI=1S/C15H32N2/c1-4-10-16-11-6-5-7-12-17-13-8-9-14(2)15(17)3/h14-16H,4-13H2,1-3H3. The van der Waals surface area contributed by atoms with Crippen molar-refractivity contribution in [3.8, 4) is 0 Å². The molecule has 17 heavy (non-hydrogen) atoms. The minimum Gasteiger partial charge on any atom is -0.317 e. The number of rotatable bonds is 8. The Balaban J connectivity index is 1.98. The van der Waals surface area contributed by atoms with Gasteiger partial charge in [-0.3, -0.25) is 0 Å². The van der Waals surface area contributed by atoms with E-state index in [1.54, 1.807) is 0 Å². The Morgan fingerprint density at radius 3 is 2.71 bits per heavy atom. The lowest BCUT2D eigenvalue weighted by atomic mass is 9.92. The molecule has 0 aromatic carbocycles. The molecule has 1 aliphatic heterocycles. The molecule has 2 unspecified atom stereocenters. The molecule has 0 aliphatic carbocycles. The van der Waals surface area contributed by atoms with E-state index in [-0.39, 0.29) is 0 Å². The largest absolute Gasteiger partial charge is 0.317 e. The van der Waals surface area contributed by atoms with Gasteiger partial charge in [-0.05, 0) is 71.1 Å². The third-order valence-corrected chi connectivity index (χ3v) is 4.23. The Labute approximate surface area is 108 Å². The average molecular weight is 240 g/mol. The van der Waals surface area contributed by atoms with Gasteiger partial charge in [-0.25, -0.2) is 0 Å². The Morgan fingerprint density at radius 1 is 1.12 bits per heavy atom. The van der Waals surface area contributed by atoms with Gasteiger partial charge in [0.15, 0.2) is 0 Å². The highest BCUT2D eigenvalue weighted by atomic mass is 15.2. The lowest BCUT2D eigenvalue weighted by Crippen LogP contribution is -2.42. The summed E-state index contributed by atoms with van der Waals surface area (Å²) in [5, 5.41) is 3.48. The third-order valence-electron chi connectivity index (χ3n) is 4.23. The molecule has 1 heterocycles. The molecule has 1 N–H and O–H groups in total. The molecule has 0 bridgehead atoms. The summed E-state index contributed by atoms with van der Waals surface area (Å²) in [5.74, 6) is 0.898. The van der Waals surface area contributed by atoms with E-state index in [4.69, 9.17) is 0 Å². The van der Waals surface area contributed by atoms with Gasteiger partial charge in [0.1, 0.15) is 0 Å². The maximum atomic E-state index is 3.48. The van der Waals surface area contributed by atoms with Crippen LogP contribution < -0.4 is 5.32 Å². The first-order valence-electron chi connectivity index (χ1n) is 7.70. The van der Waals surface area contributed by atoms with Crippen LogP contribution in [0.4, 0.5) is 0 Å². The van der Waals surface area contributed by atoms with E-state index in [2.05, 4.69) is 31.0 Å². The molecule has 0 radical (unpaired) electrons. The first kappa shape index (κ1) is 15.0. The monoisotopic (exact) mass is 240 g/mol. The van der Waals surface area contributed by atoms with E-state index in [1.807, 2.05) is 0 Å². The van der Waals surface area contributed by atoms with Crippen LogP contribution in [0.25, 0.3) is 0 Å². The molecule has 0 saturated carbocycles. The molecule has 1 aliphatic rings. The van der Waals surface area contributed by atoms with E-state index < -0.39 is 0 Å². The number of unbranched alkanes of at least 4 members (excludes halogenated alkanes) is 2.